The Bertz CT molecular complexity index is 619. The second-order valence-corrected chi connectivity index (χ2v) is 5.28. The third kappa shape index (κ3) is 2.79. The predicted octanol–water partition coefficient (Wildman–Crippen LogP) is 4.15. The van der Waals surface area contributed by atoms with Crippen LogP contribution in [0, 0.1) is 19.7 Å². The van der Waals surface area contributed by atoms with Crippen molar-refractivity contribution in [2.24, 2.45) is 5.73 Å². The zero-order valence-corrected chi connectivity index (χ0v) is 12.5. The molecule has 0 aliphatic rings. The molecule has 4 heteroatoms. The van der Waals surface area contributed by atoms with Gasteiger partial charge in [-0.25, -0.2) is 4.39 Å². The van der Waals surface area contributed by atoms with Gasteiger partial charge in [-0.2, -0.15) is 0 Å². The number of nitrogens with two attached hydrogens (primary N) is 1. The number of hydrogen-bond donors (Lipinski definition) is 1. The van der Waals surface area contributed by atoms with Crippen LogP contribution >= 0.6 is 11.6 Å². The Morgan fingerprint density at radius 3 is 2.50 bits per heavy atom. The van der Waals surface area contributed by atoms with E-state index in [-0.39, 0.29) is 5.82 Å². The lowest BCUT2D eigenvalue weighted by molar-refractivity contribution is 0.407. The van der Waals surface area contributed by atoms with Gasteiger partial charge in [-0.05, 0) is 43.2 Å². The van der Waals surface area contributed by atoms with Crippen LogP contribution in [0.5, 0.6) is 5.75 Å². The van der Waals surface area contributed by atoms with Crippen LogP contribution in [0.1, 0.15) is 28.3 Å². The van der Waals surface area contributed by atoms with Crippen LogP contribution in [0.2, 0.25) is 5.02 Å². The summed E-state index contributed by atoms with van der Waals surface area (Å²) in [5.41, 5.74) is 9.12. The van der Waals surface area contributed by atoms with E-state index < -0.39 is 6.04 Å². The monoisotopic (exact) mass is 293 g/mol. The van der Waals surface area contributed by atoms with Crippen LogP contribution in [-0.4, -0.2) is 7.11 Å². The van der Waals surface area contributed by atoms with Crippen molar-refractivity contribution in [3.8, 4) is 5.75 Å². The fourth-order valence-corrected chi connectivity index (χ4v) is 2.58. The molecular weight excluding hydrogens is 277 g/mol. The van der Waals surface area contributed by atoms with E-state index in [0.29, 0.717) is 21.9 Å². The zero-order valence-electron chi connectivity index (χ0n) is 11.7. The Morgan fingerprint density at radius 1 is 1.20 bits per heavy atom. The van der Waals surface area contributed by atoms with Gasteiger partial charge in [0.2, 0.25) is 0 Å². The third-order valence-electron chi connectivity index (χ3n) is 3.32. The molecule has 2 aromatic carbocycles. The molecule has 0 radical (unpaired) electrons. The van der Waals surface area contributed by atoms with Crippen LogP contribution < -0.4 is 10.5 Å². The fourth-order valence-electron chi connectivity index (χ4n) is 2.42. The molecule has 20 heavy (non-hydrogen) atoms. The van der Waals surface area contributed by atoms with Crippen molar-refractivity contribution in [3.63, 3.8) is 0 Å². The van der Waals surface area contributed by atoms with Gasteiger partial charge in [0.1, 0.15) is 11.6 Å². The summed E-state index contributed by atoms with van der Waals surface area (Å²) >= 11 is 5.93. The molecule has 0 saturated heterocycles. The maximum Gasteiger partial charge on any atom is 0.128 e. The second kappa shape index (κ2) is 5.81. The minimum Gasteiger partial charge on any atom is -0.496 e. The van der Waals surface area contributed by atoms with Crippen molar-refractivity contribution in [2.75, 3.05) is 7.11 Å². The van der Waals surface area contributed by atoms with Gasteiger partial charge in [0.15, 0.2) is 0 Å². The van der Waals surface area contributed by atoms with E-state index in [9.17, 15) is 4.39 Å². The molecule has 0 aromatic heterocycles. The molecule has 2 rings (SSSR count). The normalized spacial score (nSPS) is 12.3. The molecular formula is C16H17ClFNO. The van der Waals surface area contributed by atoms with Crippen LogP contribution in [0.15, 0.2) is 30.3 Å². The third-order valence-corrected chi connectivity index (χ3v) is 3.56. The lowest BCUT2D eigenvalue weighted by atomic mass is 9.93. The van der Waals surface area contributed by atoms with E-state index in [1.54, 1.807) is 25.3 Å². The molecule has 0 spiro atoms. The van der Waals surface area contributed by atoms with Crippen LogP contribution in [0.4, 0.5) is 4.39 Å². The fraction of sp³-hybridized carbons (Fsp3) is 0.250. The van der Waals surface area contributed by atoms with Crippen LogP contribution in [0.25, 0.3) is 0 Å². The van der Waals surface area contributed by atoms with Crippen molar-refractivity contribution in [1.82, 2.24) is 0 Å². The molecule has 0 saturated carbocycles. The number of benzene rings is 2. The highest BCUT2D eigenvalue weighted by Gasteiger charge is 2.20. The Morgan fingerprint density at radius 2 is 1.90 bits per heavy atom. The standard InChI is InChI=1S/C16H17ClFNO/c1-9-6-10(2)15(13(18)7-9)16(19)12-5-4-11(17)8-14(12)20-3/h4-8,16H,19H2,1-3H3. The first-order valence-electron chi connectivity index (χ1n) is 6.29. The molecule has 0 amide bonds. The van der Waals surface area contributed by atoms with Gasteiger partial charge >= 0.3 is 0 Å². The van der Waals surface area contributed by atoms with Crippen molar-refractivity contribution < 1.29 is 9.13 Å². The molecule has 2 N–H and O–H groups in total. The average Bonchev–Trinajstić information content (AvgIpc) is 2.37. The molecule has 1 atom stereocenters. The lowest BCUT2D eigenvalue weighted by Gasteiger charge is -2.19. The first-order chi connectivity index (χ1) is 9.43. The number of hydrogen-bond acceptors (Lipinski definition) is 2. The molecule has 0 bridgehead atoms. The van der Waals surface area contributed by atoms with Crippen LogP contribution in [0.3, 0.4) is 0 Å². The van der Waals surface area contributed by atoms with E-state index in [0.717, 1.165) is 11.1 Å². The van der Waals surface area contributed by atoms with Crippen molar-refractivity contribution >= 4 is 11.6 Å². The van der Waals surface area contributed by atoms with Gasteiger partial charge in [0, 0.05) is 16.1 Å². The van der Waals surface area contributed by atoms with Gasteiger partial charge in [0.25, 0.3) is 0 Å². The molecule has 0 aliphatic carbocycles. The Hall–Kier alpha value is -1.58. The quantitative estimate of drug-likeness (QED) is 0.922. The molecule has 2 aromatic rings. The smallest absolute Gasteiger partial charge is 0.128 e. The van der Waals surface area contributed by atoms with Crippen LogP contribution in [-0.2, 0) is 0 Å². The largest absolute Gasteiger partial charge is 0.496 e. The number of rotatable bonds is 3. The average molecular weight is 294 g/mol. The van der Waals surface area contributed by atoms with Crippen molar-refractivity contribution in [1.29, 1.82) is 0 Å². The van der Waals surface area contributed by atoms with E-state index in [2.05, 4.69) is 0 Å². The number of aryl methyl sites for hydroxylation is 2. The summed E-state index contributed by atoms with van der Waals surface area (Å²) in [4.78, 5) is 0. The van der Waals surface area contributed by atoms with Crippen molar-refractivity contribution in [2.45, 2.75) is 19.9 Å². The molecule has 2 nitrogen and oxygen atoms in total. The lowest BCUT2D eigenvalue weighted by Crippen LogP contribution is -2.16. The van der Waals surface area contributed by atoms with Gasteiger partial charge in [0.05, 0.1) is 13.2 Å². The van der Waals surface area contributed by atoms with E-state index >= 15 is 0 Å². The summed E-state index contributed by atoms with van der Waals surface area (Å²) in [7, 11) is 1.54. The Balaban J connectivity index is 2.54. The summed E-state index contributed by atoms with van der Waals surface area (Å²) in [5, 5.41) is 0.555. The highest BCUT2D eigenvalue weighted by Crippen LogP contribution is 2.33. The molecule has 1 unspecified atom stereocenters. The number of methoxy groups -OCH3 is 1. The highest BCUT2D eigenvalue weighted by molar-refractivity contribution is 6.30. The maximum atomic E-state index is 14.2. The minimum absolute atomic E-state index is 0.299. The highest BCUT2D eigenvalue weighted by atomic mass is 35.5. The van der Waals surface area contributed by atoms with E-state index in [1.807, 2.05) is 19.9 Å². The molecule has 0 aliphatic heterocycles. The SMILES string of the molecule is COc1cc(Cl)ccc1C(N)c1c(C)cc(C)cc1F. The second-order valence-electron chi connectivity index (χ2n) is 4.84. The summed E-state index contributed by atoms with van der Waals surface area (Å²) in [6.45, 7) is 3.71. The molecule has 0 heterocycles. The zero-order chi connectivity index (χ0) is 14.9. The summed E-state index contributed by atoms with van der Waals surface area (Å²) in [5.74, 6) is 0.261. The number of halogens is 2. The maximum absolute atomic E-state index is 14.2. The van der Waals surface area contributed by atoms with Gasteiger partial charge in [-0.3, -0.25) is 0 Å². The van der Waals surface area contributed by atoms with Gasteiger partial charge in [-0.1, -0.05) is 23.7 Å². The van der Waals surface area contributed by atoms with E-state index in [4.69, 9.17) is 22.1 Å². The summed E-state index contributed by atoms with van der Waals surface area (Å²) in [6, 6.07) is 7.98. The topological polar surface area (TPSA) is 35.2 Å². The van der Waals surface area contributed by atoms with Gasteiger partial charge in [-0.15, -0.1) is 0 Å². The van der Waals surface area contributed by atoms with Crippen molar-refractivity contribution in [3.05, 3.63) is 63.4 Å². The van der Waals surface area contributed by atoms with E-state index in [1.165, 1.54) is 6.07 Å². The summed E-state index contributed by atoms with van der Waals surface area (Å²) < 4.78 is 19.5. The Labute approximate surface area is 123 Å². The predicted molar refractivity (Wildman–Crippen MR) is 79.9 cm³/mol. The summed E-state index contributed by atoms with van der Waals surface area (Å²) in [6.07, 6.45) is 0. The number of ether oxygens (including phenoxy) is 1. The first-order valence-corrected chi connectivity index (χ1v) is 6.67. The van der Waals surface area contributed by atoms with Gasteiger partial charge < -0.3 is 10.5 Å². The molecule has 106 valence electrons. The Kier molecular flexibility index (Phi) is 4.31. The minimum atomic E-state index is -0.595. The molecule has 0 fully saturated rings. The first kappa shape index (κ1) is 14.8.